The molecule has 1 heterocycles. The number of hydrogen-bond donors (Lipinski definition) is 4. The van der Waals surface area contributed by atoms with Gasteiger partial charge in [0.25, 0.3) is 0 Å². The van der Waals surface area contributed by atoms with Crippen LogP contribution in [-0.4, -0.2) is 26.3 Å². The monoisotopic (exact) mass is 555 g/mol. The van der Waals surface area contributed by atoms with Crippen LogP contribution in [0.3, 0.4) is 0 Å². The molecule has 0 aromatic heterocycles. The van der Waals surface area contributed by atoms with Gasteiger partial charge in [-0.1, -0.05) is 41.4 Å². The summed E-state index contributed by atoms with van der Waals surface area (Å²) in [6, 6.07) is 11.6. The van der Waals surface area contributed by atoms with E-state index in [-0.39, 0.29) is 50.4 Å². The maximum absolute atomic E-state index is 12.9. The zero-order valence-corrected chi connectivity index (χ0v) is 20.8. The standard InChI is InChI=1S/C24H18Cl2F3N3O3S/c1-23(19-17(33)3-2-4-18(19)34)21(30-11-12-5-7-13(8-6-12)24(27,28)29)31-22(36)32(23)14-9-15(25)20(35)16(26)10-14/h2-10,33-35H,11H2,1H3,(H,30,31,36). The molecule has 1 atom stereocenters. The molecule has 1 fully saturated rings. The second kappa shape index (κ2) is 9.34. The van der Waals surface area contributed by atoms with Crippen molar-refractivity contribution in [3.05, 3.63) is 81.3 Å². The van der Waals surface area contributed by atoms with E-state index in [0.29, 0.717) is 11.3 Å². The van der Waals surface area contributed by atoms with Gasteiger partial charge in [0.1, 0.15) is 22.9 Å². The van der Waals surface area contributed by atoms with Crippen LogP contribution in [0.15, 0.2) is 59.6 Å². The Bertz CT molecular complexity index is 1340. The molecule has 0 spiro atoms. The van der Waals surface area contributed by atoms with Gasteiger partial charge in [0, 0.05) is 5.69 Å². The van der Waals surface area contributed by atoms with Crippen LogP contribution in [0.5, 0.6) is 17.2 Å². The van der Waals surface area contributed by atoms with Crippen LogP contribution in [0.1, 0.15) is 23.6 Å². The summed E-state index contributed by atoms with van der Waals surface area (Å²) in [5.74, 6) is -0.646. The van der Waals surface area contributed by atoms with E-state index in [0.717, 1.165) is 12.1 Å². The molecule has 0 aliphatic carbocycles. The van der Waals surface area contributed by atoms with Crippen molar-refractivity contribution in [2.45, 2.75) is 25.2 Å². The van der Waals surface area contributed by atoms with Crippen molar-refractivity contribution in [3.63, 3.8) is 0 Å². The molecule has 6 nitrogen and oxygen atoms in total. The highest BCUT2D eigenvalue weighted by Crippen LogP contribution is 2.47. The summed E-state index contributed by atoms with van der Waals surface area (Å²) < 4.78 is 38.7. The third kappa shape index (κ3) is 4.52. The summed E-state index contributed by atoms with van der Waals surface area (Å²) in [6.45, 7) is 1.60. The lowest BCUT2D eigenvalue weighted by Crippen LogP contribution is -2.44. The summed E-state index contributed by atoms with van der Waals surface area (Å²) in [6.07, 6.45) is -4.46. The number of aromatic hydroxyl groups is 3. The van der Waals surface area contributed by atoms with Crippen molar-refractivity contribution in [1.29, 1.82) is 0 Å². The van der Waals surface area contributed by atoms with Crippen LogP contribution in [0.25, 0.3) is 0 Å². The maximum atomic E-state index is 12.9. The number of alkyl halides is 3. The number of halogens is 5. The molecule has 3 aromatic rings. The molecule has 4 N–H and O–H groups in total. The summed E-state index contributed by atoms with van der Waals surface area (Å²) in [5, 5.41) is 34.4. The van der Waals surface area contributed by atoms with E-state index in [1.807, 2.05) is 0 Å². The summed E-state index contributed by atoms with van der Waals surface area (Å²) in [7, 11) is 0. The predicted molar refractivity (Wildman–Crippen MR) is 136 cm³/mol. The number of hydrogen-bond acceptors (Lipinski definition) is 5. The minimum atomic E-state index is -4.46. The van der Waals surface area contributed by atoms with Crippen molar-refractivity contribution >= 4 is 52.1 Å². The lowest BCUT2D eigenvalue weighted by molar-refractivity contribution is -0.137. The van der Waals surface area contributed by atoms with Gasteiger partial charge >= 0.3 is 6.18 Å². The number of benzene rings is 3. The number of aliphatic imine (C=N–C) groups is 1. The summed E-state index contributed by atoms with van der Waals surface area (Å²) in [5.41, 5.74) is -1.34. The van der Waals surface area contributed by atoms with Crippen molar-refractivity contribution in [3.8, 4) is 17.2 Å². The fraction of sp³-hybridized carbons (Fsp3) is 0.167. The van der Waals surface area contributed by atoms with E-state index in [2.05, 4.69) is 10.3 Å². The van der Waals surface area contributed by atoms with Crippen LogP contribution in [0, 0.1) is 0 Å². The molecule has 3 aromatic carbocycles. The molecular formula is C24H18Cl2F3N3O3S. The second-order valence-corrected chi connectivity index (χ2v) is 9.33. The van der Waals surface area contributed by atoms with Gasteiger partial charge < -0.3 is 25.5 Å². The Morgan fingerprint density at radius 1 is 1.00 bits per heavy atom. The average Bonchev–Trinajstić information content (AvgIpc) is 3.05. The summed E-state index contributed by atoms with van der Waals surface area (Å²) in [4.78, 5) is 6.06. The Hall–Kier alpha value is -3.21. The fourth-order valence-corrected chi connectivity index (χ4v) is 4.92. The minimum absolute atomic E-state index is 0.0298. The van der Waals surface area contributed by atoms with Crippen molar-refractivity contribution in [2.75, 3.05) is 4.90 Å². The zero-order valence-electron chi connectivity index (χ0n) is 18.4. The fourth-order valence-electron chi connectivity index (χ4n) is 4.06. The van der Waals surface area contributed by atoms with Gasteiger partial charge in [-0.05, 0) is 61.1 Å². The van der Waals surface area contributed by atoms with Gasteiger partial charge in [0.05, 0.1) is 27.7 Å². The molecule has 0 bridgehead atoms. The Morgan fingerprint density at radius 2 is 1.56 bits per heavy atom. The van der Waals surface area contributed by atoms with Crippen LogP contribution in [0.2, 0.25) is 10.0 Å². The van der Waals surface area contributed by atoms with Gasteiger partial charge in [0.15, 0.2) is 10.9 Å². The highest BCUT2D eigenvalue weighted by atomic mass is 35.5. The number of anilines is 1. The van der Waals surface area contributed by atoms with Crippen molar-refractivity contribution in [2.24, 2.45) is 4.99 Å². The lowest BCUT2D eigenvalue weighted by atomic mass is 9.87. The predicted octanol–water partition coefficient (Wildman–Crippen LogP) is 6.34. The summed E-state index contributed by atoms with van der Waals surface area (Å²) >= 11 is 17.8. The number of phenols is 3. The van der Waals surface area contributed by atoms with Gasteiger partial charge in [-0.25, -0.2) is 0 Å². The highest BCUT2D eigenvalue weighted by Gasteiger charge is 2.50. The van der Waals surface area contributed by atoms with Crippen molar-refractivity contribution in [1.82, 2.24) is 5.32 Å². The first-order valence-corrected chi connectivity index (χ1v) is 11.5. The van der Waals surface area contributed by atoms with Crippen LogP contribution < -0.4 is 10.2 Å². The molecule has 4 rings (SSSR count). The molecule has 36 heavy (non-hydrogen) atoms. The molecule has 188 valence electrons. The van der Waals surface area contributed by atoms with E-state index in [4.69, 9.17) is 35.4 Å². The van der Waals surface area contributed by atoms with E-state index in [1.165, 1.54) is 47.4 Å². The van der Waals surface area contributed by atoms with E-state index in [1.54, 1.807) is 6.92 Å². The molecule has 0 amide bonds. The molecule has 1 unspecified atom stereocenters. The third-order valence-corrected chi connectivity index (χ3v) is 6.67. The SMILES string of the molecule is CC1(c2c(O)cccc2O)C(=NCc2ccc(C(F)(F)F)cc2)NC(=S)N1c1cc(Cl)c(O)c(Cl)c1. The first kappa shape index (κ1) is 25.9. The van der Waals surface area contributed by atoms with Gasteiger partial charge in [-0.15, -0.1) is 0 Å². The van der Waals surface area contributed by atoms with Crippen LogP contribution in [0.4, 0.5) is 18.9 Å². The minimum Gasteiger partial charge on any atom is -0.507 e. The third-order valence-electron chi connectivity index (χ3n) is 5.80. The Kier molecular flexibility index (Phi) is 6.72. The van der Waals surface area contributed by atoms with Crippen LogP contribution >= 0.6 is 35.4 Å². The first-order chi connectivity index (χ1) is 16.8. The maximum Gasteiger partial charge on any atom is 0.416 e. The number of nitrogens with zero attached hydrogens (tertiary/aromatic N) is 2. The van der Waals surface area contributed by atoms with Gasteiger partial charge in [-0.2, -0.15) is 13.2 Å². The van der Waals surface area contributed by atoms with Crippen LogP contribution in [-0.2, 0) is 18.3 Å². The zero-order chi connectivity index (χ0) is 26.4. The number of amidine groups is 1. The highest BCUT2D eigenvalue weighted by molar-refractivity contribution is 7.80. The number of rotatable bonds is 4. The molecule has 0 saturated carbocycles. The smallest absolute Gasteiger partial charge is 0.416 e. The molecular weight excluding hydrogens is 538 g/mol. The van der Waals surface area contributed by atoms with E-state index < -0.39 is 17.3 Å². The molecule has 1 aliphatic rings. The molecule has 0 radical (unpaired) electrons. The second-order valence-electron chi connectivity index (χ2n) is 8.13. The lowest BCUT2D eigenvalue weighted by Gasteiger charge is -2.36. The topological polar surface area (TPSA) is 88.3 Å². The van der Waals surface area contributed by atoms with E-state index >= 15 is 0 Å². The largest absolute Gasteiger partial charge is 0.507 e. The van der Waals surface area contributed by atoms with Gasteiger partial charge in [-0.3, -0.25) is 4.99 Å². The normalized spacial score (nSPS) is 19.1. The number of nitrogens with one attached hydrogen (secondary N) is 1. The first-order valence-electron chi connectivity index (χ1n) is 10.4. The quantitative estimate of drug-likeness (QED) is 0.281. The number of thiocarbonyl (C=S) groups is 1. The van der Waals surface area contributed by atoms with Crippen molar-refractivity contribution < 1.29 is 28.5 Å². The Balaban J connectivity index is 1.84. The Morgan fingerprint density at radius 3 is 2.08 bits per heavy atom. The van der Waals surface area contributed by atoms with E-state index in [9.17, 15) is 28.5 Å². The van der Waals surface area contributed by atoms with Gasteiger partial charge in [0.2, 0.25) is 0 Å². The average molecular weight is 556 g/mol. The molecule has 1 saturated heterocycles. The Labute approximate surface area is 219 Å². The molecule has 12 heteroatoms. The number of phenolic OH excluding ortho intramolecular Hbond substituents is 3. The molecule has 1 aliphatic heterocycles.